The molecule has 4 nitrogen and oxygen atoms in total. The van der Waals surface area contributed by atoms with Gasteiger partial charge >= 0.3 is 0 Å². The molecular formula is C14H12Cl2N2O2. The molecule has 0 aliphatic carbocycles. The molecular weight excluding hydrogens is 299 g/mol. The number of halogens is 2. The fraction of sp³-hybridized carbons (Fsp3) is 0.143. The predicted molar refractivity (Wildman–Crippen MR) is 81.6 cm³/mol. The Bertz CT molecular complexity index is 627. The molecule has 20 heavy (non-hydrogen) atoms. The summed E-state index contributed by atoms with van der Waals surface area (Å²) in [6.07, 6.45) is 0. The minimum Gasteiger partial charge on any atom is -0.373 e. The highest BCUT2D eigenvalue weighted by Gasteiger charge is 2.18. The van der Waals surface area contributed by atoms with Crippen molar-refractivity contribution in [2.75, 3.05) is 5.32 Å². The molecule has 2 aromatic carbocycles. The van der Waals surface area contributed by atoms with Crippen molar-refractivity contribution in [2.45, 2.75) is 13.0 Å². The number of nitrogens with one attached hydrogen (secondary N) is 1. The monoisotopic (exact) mass is 310 g/mol. The molecule has 0 spiro atoms. The summed E-state index contributed by atoms with van der Waals surface area (Å²) in [4.78, 5) is 10.6. The predicted octanol–water partition coefficient (Wildman–Crippen LogP) is 5.07. The van der Waals surface area contributed by atoms with Crippen molar-refractivity contribution >= 4 is 34.6 Å². The van der Waals surface area contributed by atoms with Gasteiger partial charge in [0, 0.05) is 21.7 Å². The largest absolute Gasteiger partial charge is 0.373 e. The topological polar surface area (TPSA) is 55.2 Å². The lowest BCUT2D eigenvalue weighted by molar-refractivity contribution is -0.384. The standard InChI is InChI=1S/C14H12Cl2N2O2/c1-9(14-10(15)5-4-6-11(14)16)17-12-7-2-3-8-13(12)18(19)20/h2-9,17H,1H3. The summed E-state index contributed by atoms with van der Waals surface area (Å²) in [5, 5.41) is 15.1. The highest BCUT2D eigenvalue weighted by molar-refractivity contribution is 6.36. The fourth-order valence-electron chi connectivity index (χ4n) is 1.98. The molecule has 0 radical (unpaired) electrons. The van der Waals surface area contributed by atoms with Crippen LogP contribution in [0, 0.1) is 10.1 Å². The van der Waals surface area contributed by atoms with Crippen LogP contribution < -0.4 is 5.32 Å². The maximum atomic E-state index is 11.0. The van der Waals surface area contributed by atoms with Crippen molar-refractivity contribution < 1.29 is 4.92 Å². The Labute approximate surface area is 126 Å². The first kappa shape index (κ1) is 14.6. The average molecular weight is 311 g/mol. The van der Waals surface area contributed by atoms with E-state index in [1.165, 1.54) is 6.07 Å². The number of nitrogens with zero attached hydrogens (tertiary/aromatic N) is 1. The smallest absolute Gasteiger partial charge is 0.292 e. The van der Waals surface area contributed by atoms with Crippen LogP contribution in [0.4, 0.5) is 11.4 Å². The summed E-state index contributed by atoms with van der Waals surface area (Å²) >= 11 is 12.3. The summed E-state index contributed by atoms with van der Waals surface area (Å²) in [7, 11) is 0. The van der Waals surface area contributed by atoms with Crippen LogP contribution in [0.3, 0.4) is 0 Å². The number of hydrogen-bond acceptors (Lipinski definition) is 3. The van der Waals surface area contributed by atoms with Crippen LogP contribution in [0.15, 0.2) is 42.5 Å². The summed E-state index contributed by atoms with van der Waals surface area (Å²) in [5.41, 5.74) is 1.16. The molecule has 2 rings (SSSR count). The molecule has 0 aromatic heterocycles. The lowest BCUT2D eigenvalue weighted by atomic mass is 10.1. The van der Waals surface area contributed by atoms with E-state index in [9.17, 15) is 10.1 Å². The second kappa shape index (κ2) is 6.11. The van der Waals surface area contributed by atoms with E-state index in [0.717, 1.165) is 0 Å². The van der Waals surface area contributed by atoms with E-state index in [0.29, 0.717) is 21.3 Å². The van der Waals surface area contributed by atoms with Crippen molar-refractivity contribution in [3.63, 3.8) is 0 Å². The van der Waals surface area contributed by atoms with Crippen molar-refractivity contribution in [3.05, 3.63) is 68.2 Å². The summed E-state index contributed by atoms with van der Waals surface area (Å²) < 4.78 is 0. The SMILES string of the molecule is CC(Nc1ccccc1[N+](=O)[O-])c1c(Cl)cccc1Cl. The Morgan fingerprint density at radius 2 is 1.70 bits per heavy atom. The summed E-state index contributed by atoms with van der Waals surface area (Å²) in [6, 6.07) is 11.4. The third kappa shape index (κ3) is 3.03. The quantitative estimate of drug-likeness (QED) is 0.633. The molecule has 0 saturated carbocycles. The zero-order chi connectivity index (χ0) is 14.7. The highest BCUT2D eigenvalue weighted by Crippen LogP contribution is 2.34. The molecule has 0 fully saturated rings. The van der Waals surface area contributed by atoms with E-state index in [-0.39, 0.29) is 11.7 Å². The fourth-order valence-corrected chi connectivity index (χ4v) is 2.71. The van der Waals surface area contributed by atoms with Crippen molar-refractivity contribution in [2.24, 2.45) is 0 Å². The van der Waals surface area contributed by atoms with Crippen molar-refractivity contribution in [1.82, 2.24) is 0 Å². The van der Waals surface area contributed by atoms with Gasteiger partial charge in [0.1, 0.15) is 5.69 Å². The van der Waals surface area contributed by atoms with Gasteiger partial charge in [0.2, 0.25) is 0 Å². The van der Waals surface area contributed by atoms with Crippen LogP contribution in [0.2, 0.25) is 10.0 Å². The number of nitro groups is 1. The van der Waals surface area contributed by atoms with Gasteiger partial charge in [-0.15, -0.1) is 0 Å². The third-order valence-corrected chi connectivity index (χ3v) is 3.56. The molecule has 1 unspecified atom stereocenters. The molecule has 0 amide bonds. The average Bonchev–Trinajstić information content (AvgIpc) is 2.38. The lowest BCUT2D eigenvalue weighted by Gasteiger charge is -2.18. The molecule has 0 heterocycles. The van der Waals surface area contributed by atoms with Crippen LogP contribution >= 0.6 is 23.2 Å². The molecule has 1 N–H and O–H groups in total. The minimum absolute atomic E-state index is 0.0162. The van der Waals surface area contributed by atoms with Crippen LogP contribution in [-0.4, -0.2) is 4.92 Å². The van der Waals surface area contributed by atoms with E-state index < -0.39 is 4.92 Å². The Morgan fingerprint density at radius 3 is 2.30 bits per heavy atom. The molecule has 0 aliphatic rings. The molecule has 0 aliphatic heterocycles. The Hall–Kier alpha value is -1.78. The van der Waals surface area contributed by atoms with Gasteiger partial charge in [0.15, 0.2) is 0 Å². The first-order valence-corrected chi connectivity index (χ1v) is 6.70. The maximum absolute atomic E-state index is 11.0. The van der Waals surface area contributed by atoms with Gasteiger partial charge < -0.3 is 5.32 Å². The number of nitro benzene ring substituents is 1. The summed E-state index contributed by atoms with van der Waals surface area (Å²) in [6.45, 7) is 1.85. The van der Waals surface area contributed by atoms with Gasteiger partial charge in [-0.3, -0.25) is 10.1 Å². The Balaban J connectivity index is 2.33. The normalized spacial score (nSPS) is 11.9. The van der Waals surface area contributed by atoms with Crippen LogP contribution in [0.1, 0.15) is 18.5 Å². The van der Waals surface area contributed by atoms with E-state index in [1.54, 1.807) is 36.4 Å². The van der Waals surface area contributed by atoms with Gasteiger partial charge in [-0.05, 0) is 25.1 Å². The molecule has 6 heteroatoms. The third-order valence-electron chi connectivity index (χ3n) is 2.91. The molecule has 0 bridgehead atoms. The van der Waals surface area contributed by atoms with Crippen LogP contribution in [0.5, 0.6) is 0 Å². The number of rotatable bonds is 4. The molecule has 1 atom stereocenters. The van der Waals surface area contributed by atoms with E-state index in [1.807, 2.05) is 6.92 Å². The van der Waals surface area contributed by atoms with Gasteiger partial charge in [-0.1, -0.05) is 41.4 Å². The van der Waals surface area contributed by atoms with E-state index >= 15 is 0 Å². The number of benzene rings is 2. The van der Waals surface area contributed by atoms with E-state index in [4.69, 9.17) is 23.2 Å². The van der Waals surface area contributed by atoms with Gasteiger partial charge in [0.25, 0.3) is 5.69 Å². The van der Waals surface area contributed by atoms with Crippen molar-refractivity contribution in [3.8, 4) is 0 Å². The molecule has 2 aromatic rings. The Kier molecular flexibility index (Phi) is 4.47. The second-order valence-electron chi connectivity index (χ2n) is 4.28. The van der Waals surface area contributed by atoms with Crippen molar-refractivity contribution in [1.29, 1.82) is 0 Å². The van der Waals surface area contributed by atoms with Crippen LogP contribution in [-0.2, 0) is 0 Å². The van der Waals surface area contributed by atoms with Crippen LogP contribution in [0.25, 0.3) is 0 Å². The number of para-hydroxylation sites is 2. The second-order valence-corrected chi connectivity index (χ2v) is 5.09. The zero-order valence-corrected chi connectivity index (χ0v) is 12.2. The first-order valence-electron chi connectivity index (χ1n) is 5.94. The van der Waals surface area contributed by atoms with Gasteiger partial charge in [0.05, 0.1) is 11.0 Å². The molecule has 104 valence electrons. The van der Waals surface area contributed by atoms with Gasteiger partial charge in [-0.2, -0.15) is 0 Å². The molecule has 0 saturated heterocycles. The number of anilines is 1. The summed E-state index contributed by atoms with van der Waals surface area (Å²) in [5.74, 6) is 0. The van der Waals surface area contributed by atoms with Gasteiger partial charge in [-0.25, -0.2) is 0 Å². The maximum Gasteiger partial charge on any atom is 0.292 e. The first-order chi connectivity index (χ1) is 9.50. The minimum atomic E-state index is -0.427. The zero-order valence-electron chi connectivity index (χ0n) is 10.6. The number of hydrogen-bond donors (Lipinski definition) is 1. The highest BCUT2D eigenvalue weighted by atomic mass is 35.5. The lowest BCUT2D eigenvalue weighted by Crippen LogP contribution is -2.09. The Morgan fingerprint density at radius 1 is 1.10 bits per heavy atom. The van der Waals surface area contributed by atoms with E-state index in [2.05, 4.69) is 5.32 Å².